The summed E-state index contributed by atoms with van der Waals surface area (Å²) in [4.78, 5) is 10.0. The van der Waals surface area contributed by atoms with Crippen molar-refractivity contribution in [2.75, 3.05) is 0 Å². The quantitative estimate of drug-likeness (QED) is 0.485. The second-order valence-corrected chi connectivity index (χ2v) is 2.29. The van der Waals surface area contributed by atoms with Gasteiger partial charge < -0.3 is 15.3 Å². The summed E-state index contributed by atoms with van der Waals surface area (Å²) in [6.07, 6.45) is -0.893. The lowest BCUT2D eigenvalue weighted by atomic mass is 10.1. The van der Waals surface area contributed by atoms with Gasteiger partial charge in [0.1, 0.15) is 0 Å². The lowest BCUT2D eigenvalue weighted by Gasteiger charge is -2.09. The van der Waals surface area contributed by atoms with Crippen molar-refractivity contribution >= 4 is 5.97 Å². The van der Waals surface area contributed by atoms with E-state index in [4.69, 9.17) is 15.3 Å². The van der Waals surface area contributed by atoms with E-state index in [0.29, 0.717) is 0 Å². The number of aliphatic hydroxyl groups is 2. The van der Waals surface area contributed by atoms with Gasteiger partial charge in [0.2, 0.25) is 0 Å². The summed E-state index contributed by atoms with van der Waals surface area (Å²) in [6, 6.07) is 0. The standard InChI is InChI=1S/C7H12O4/c1-2-5(8)3-6(9)4-7(10)11/h2,5-6,8-9H,1,3-4H2,(H,10,11)/t5-,6?/m1/s1. The van der Waals surface area contributed by atoms with Gasteiger partial charge in [-0.1, -0.05) is 6.08 Å². The molecule has 0 aliphatic carbocycles. The number of carboxylic acid groups (broad SMARTS) is 1. The number of aliphatic hydroxyl groups excluding tert-OH is 2. The van der Waals surface area contributed by atoms with Crippen molar-refractivity contribution in [2.45, 2.75) is 25.0 Å². The van der Waals surface area contributed by atoms with Crippen molar-refractivity contribution < 1.29 is 20.1 Å². The average molecular weight is 160 g/mol. The monoisotopic (exact) mass is 160 g/mol. The molecule has 3 N–H and O–H groups in total. The molecule has 0 amide bonds. The zero-order valence-corrected chi connectivity index (χ0v) is 6.10. The molecule has 0 aromatic rings. The Hall–Kier alpha value is -0.870. The molecule has 0 saturated heterocycles. The number of hydrogen-bond donors (Lipinski definition) is 3. The number of hydrogen-bond acceptors (Lipinski definition) is 3. The molecule has 0 aromatic heterocycles. The Bertz CT molecular complexity index is 143. The molecule has 0 spiro atoms. The van der Waals surface area contributed by atoms with Crippen LogP contribution < -0.4 is 0 Å². The van der Waals surface area contributed by atoms with Crippen LogP contribution in [-0.4, -0.2) is 33.5 Å². The molecule has 0 fully saturated rings. The molecule has 0 radical (unpaired) electrons. The number of aliphatic carboxylic acids is 1. The fourth-order valence-corrected chi connectivity index (χ4v) is 0.660. The van der Waals surface area contributed by atoms with Gasteiger partial charge in [-0.2, -0.15) is 0 Å². The molecule has 64 valence electrons. The van der Waals surface area contributed by atoms with Crippen LogP contribution in [0.4, 0.5) is 0 Å². The second kappa shape index (κ2) is 4.87. The van der Waals surface area contributed by atoms with E-state index in [0.717, 1.165) is 0 Å². The third kappa shape index (κ3) is 5.57. The van der Waals surface area contributed by atoms with Gasteiger partial charge in [-0.15, -0.1) is 6.58 Å². The molecule has 0 aliphatic rings. The first-order valence-corrected chi connectivity index (χ1v) is 3.26. The van der Waals surface area contributed by atoms with Crippen molar-refractivity contribution in [3.8, 4) is 0 Å². The highest BCUT2D eigenvalue weighted by Crippen LogP contribution is 2.02. The van der Waals surface area contributed by atoms with E-state index >= 15 is 0 Å². The van der Waals surface area contributed by atoms with E-state index in [-0.39, 0.29) is 12.8 Å². The molecule has 2 atom stereocenters. The minimum atomic E-state index is -1.08. The predicted molar refractivity (Wildman–Crippen MR) is 39.1 cm³/mol. The first-order valence-electron chi connectivity index (χ1n) is 3.26. The fourth-order valence-electron chi connectivity index (χ4n) is 0.660. The minimum Gasteiger partial charge on any atom is -0.481 e. The van der Waals surface area contributed by atoms with Gasteiger partial charge in [0.25, 0.3) is 0 Å². The number of carbonyl (C=O) groups is 1. The van der Waals surface area contributed by atoms with Crippen LogP contribution in [0.3, 0.4) is 0 Å². The maximum Gasteiger partial charge on any atom is 0.305 e. The van der Waals surface area contributed by atoms with Crippen molar-refractivity contribution in [3.05, 3.63) is 12.7 Å². The summed E-state index contributed by atoms with van der Waals surface area (Å²) in [5.41, 5.74) is 0. The molecular formula is C7H12O4. The van der Waals surface area contributed by atoms with E-state index in [1.807, 2.05) is 0 Å². The van der Waals surface area contributed by atoms with Gasteiger partial charge in [0.05, 0.1) is 18.6 Å². The van der Waals surface area contributed by atoms with Crippen LogP contribution in [0, 0.1) is 0 Å². The Kier molecular flexibility index (Phi) is 4.49. The lowest BCUT2D eigenvalue weighted by molar-refractivity contribution is -0.139. The van der Waals surface area contributed by atoms with E-state index < -0.39 is 18.2 Å². The zero-order valence-electron chi connectivity index (χ0n) is 6.10. The highest BCUT2D eigenvalue weighted by Gasteiger charge is 2.12. The molecule has 4 nitrogen and oxygen atoms in total. The van der Waals surface area contributed by atoms with Crippen LogP contribution >= 0.6 is 0 Å². The zero-order chi connectivity index (χ0) is 8.85. The summed E-state index contributed by atoms with van der Waals surface area (Å²) in [6.45, 7) is 3.28. The van der Waals surface area contributed by atoms with E-state index in [2.05, 4.69) is 6.58 Å². The highest BCUT2D eigenvalue weighted by atomic mass is 16.4. The SMILES string of the molecule is C=C[C@@H](O)CC(O)CC(=O)O. The molecule has 0 aliphatic heterocycles. The molecule has 0 bridgehead atoms. The maximum absolute atomic E-state index is 10.0. The van der Waals surface area contributed by atoms with Crippen molar-refractivity contribution in [2.24, 2.45) is 0 Å². The van der Waals surface area contributed by atoms with Crippen LogP contribution in [0.5, 0.6) is 0 Å². The summed E-state index contributed by atoms with van der Waals surface area (Å²) in [7, 11) is 0. The molecule has 4 heteroatoms. The second-order valence-electron chi connectivity index (χ2n) is 2.29. The van der Waals surface area contributed by atoms with Gasteiger partial charge in [0, 0.05) is 6.42 Å². The van der Waals surface area contributed by atoms with Crippen molar-refractivity contribution in [1.82, 2.24) is 0 Å². The molecule has 0 rings (SSSR count). The third-order valence-corrected chi connectivity index (χ3v) is 1.20. The fraction of sp³-hybridized carbons (Fsp3) is 0.571. The molecule has 11 heavy (non-hydrogen) atoms. The Morgan fingerprint density at radius 3 is 2.45 bits per heavy atom. The predicted octanol–water partition coefficient (Wildman–Crippen LogP) is -0.241. The van der Waals surface area contributed by atoms with E-state index in [1.54, 1.807) is 0 Å². The summed E-state index contributed by atoms with van der Waals surface area (Å²) in [5, 5.41) is 26.0. The summed E-state index contributed by atoms with van der Waals surface area (Å²) < 4.78 is 0. The van der Waals surface area contributed by atoms with Crippen LogP contribution in [0.1, 0.15) is 12.8 Å². The first-order chi connectivity index (χ1) is 5.06. The molecule has 0 aromatic carbocycles. The van der Waals surface area contributed by atoms with Gasteiger partial charge in [-0.05, 0) is 0 Å². The van der Waals surface area contributed by atoms with Crippen molar-refractivity contribution in [1.29, 1.82) is 0 Å². The van der Waals surface area contributed by atoms with Crippen LogP contribution in [0.15, 0.2) is 12.7 Å². The topological polar surface area (TPSA) is 77.8 Å². The Labute approximate surface area is 64.8 Å². The molecule has 1 unspecified atom stereocenters. The van der Waals surface area contributed by atoms with E-state index in [1.165, 1.54) is 6.08 Å². The number of carboxylic acids is 1. The Morgan fingerprint density at radius 1 is 1.55 bits per heavy atom. The van der Waals surface area contributed by atoms with Crippen LogP contribution in [0.25, 0.3) is 0 Å². The lowest BCUT2D eigenvalue weighted by Crippen LogP contribution is -2.18. The minimum absolute atomic E-state index is 0.0236. The maximum atomic E-state index is 10.0. The summed E-state index contributed by atoms with van der Waals surface area (Å²) >= 11 is 0. The molecular weight excluding hydrogens is 148 g/mol. The summed E-state index contributed by atoms with van der Waals surface area (Å²) in [5.74, 6) is -1.08. The average Bonchev–Trinajstić information content (AvgIpc) is 1.85. The van der Waals surface area contributed by atoms with Crippen LogP contribution in [0.2, 0.25) is 0 Å². The van der Waals surface area contributed by atoms with E-state index in [9.17, 15) is 4.79 Å². The van der Waals surface area contributed by atoms with Crippen LogP contribution in [-0.2, 0) is 4.79 Å². The smallest absolute Gasteiger partial charge is 0.305 e. The third-order valence-electron chi connectivity index (χ3n) is 1.20. The van der Waals surface area contributed by atoms with Gasteiger partial charge >= 0.3 is 5.97 Å². The normalized spacial score (nSPS) is 15.5. The van der Waals surface area contributed by atoms with Gasteiger partial charge in [0.15, 0.2) is 0 Å². The Morgan fingerprint density at radius 2 is 2.09 bits per heavy atom. The Balaban J connectivity index is 3.59. The number of rotatable bonds is 5. The van der Waals surface area contributed by atoms with Gasteiger partial charge in [-0.3, -0.25) is 4.79 Å². The highest BCUT2D eigenvalue weighted by molar-refractivity contribution is 5.67. The molecule has 0 saturated carbocycles. The van der Waals surface area contributed by atoms with Crippen molar-refractivity contribution in [3.63, 3.8) is 0 Å². The molecule has 0 heterocycles. The van der Waals surface area contributed by atoms with Gasteiger partial charge in [-0.25, -0.2) is 0 Å². The first kappa shape index (κ1) is 10.1. The largest absolute Gasteiger partial charge is 0.481 e.